The van der Waals surface area contributed by atoms with E-state index in [9.17, 15) is 10.5 Å². The van der Waals surface area contributed by atoms with Gasteiger partial charge in [-0.2, -0.15) is 10.5 Å². The molecule has 1 rings (SSSR count). The molecule has 0 N–H and O–H groups in total. The van der Waals surface area contributed by atoms with Crippen LogP contribution in [0.2, 0.25) is 0 Å². The minimum atomic E-state index is -1.05. The van der Waals surface area contributed by atoms with E-state index >= 15 is 0 Å². The first-order valence-corrected chi connectivity index (χ1v) is 6.24. The molecule has 0 amide bonds. The quantitative estimate of drug-likeness (QED) is 0.725. The van der Waals surface area contributed by atoms with Gasteiger partial charge in [-0.25, -0.2) is 0 Å². The molecule has 1 aromatic carbocycles. The lowest BCUT2D eigenvalue weighted by molar-refractivity contribution is 0.399. The average Bonchev–Trinajstić information content (AvgIpc) is 2.47. The SMILES string of the molecule is C=CCC(C#N)(C#N)C(CC)c1ccc(OC)cc1. The number of hydrogen-bond acceptors (Lipinski definition) is 3. The summed E-state index contributed by atoms with van der Waals surface area (Å²) in [5.41, 5.74) is -0.0706. The van der Waals surface area contributed by atoms with Crippen molar-refractivity contribution in [2.75, 3.05) is 7.11 Å². The summed E-state index contributed by atoms with van der Waals surface area (Å²) in [5.74, 6) is 0.633. The molecule has 0 saturated heterocycles. The van der Waals surface area contributed by atoms with Gasteiger partial charge in [0.05, 0.1) is 19.2 Å². The molecule has 0 aliphatic carbocycles. The Morgan fingerprint density at radius 1 is 1.32 bits per heavy atom. The molecule has 0 heterocycles. The summed E-state index contributed by atoms with van der Waals surface area (Å²) in [6.07, 6.45) is 2.73. The molecule has 0 spiro atoms. The largest absolute Gasteiger partial charge is 0.497 e. The number of methoxy groups -OCH3 is 1. The molecule has 0 aromatic heterocycles. The third kappa shape index (κ3) is 2.95. The van der Waals surface area contributed by atoms with Gasteiger partial charge in [-0.1, -0.05) is 25.1 Å². The van der Waals surface area contributed by atoms with Gasteiger partial charge in [0.15, 0.2) is 5.41 Å². The number of rotatable bonds is 6. The van der Waals surface area contributed by atoms with Gasteiger partial charge in [0.25, 0.3) is 0 Å². The van der Waals surface area contributed by atoms with Gasteiger partial charge >= 0.3 is 0 Å². The first-order chi connectivity index (χ1) is 9.17. The van der Waals surface area contributed by atoms with Crippen molar-refractivity contribution in [3.05, 3.63) is 42.5 Å². The molecule has 0 radical (unpaired) electrons. The Hall–Kier alpha value is -2.26. The second-order valence-electron chi connectivity index (χ2n) is 4.42. The van der Waals surface area contributed by atoms with Crippen LogP contribution in [0.3, 0.4) is 0 Å². The molecule has 3 heteroatoms. The van der Waals surface area contributed by atoms with E-state index in [1.54, 1.807) is 13.2 Å². The Kier molecular flexibility index (Phi) is 5.15. The summed E-state index contributed by atoms with van der Waals surface area (Å²) < 4.78 is 5.12. The molecule has 0 fully saturated rings. The Morgan fingerprint density at radius 3 is 2.26 bits per heavy atom. The highest BCUT2D eigenvalue weighted by Crippen LogP contribution is 2.41. The number of nitrogens with zero attached hydrogens (tertiary/aromatic N) is 2. The molecular formula is C16H18N2O. The number of benzene rings is 1. The molecule has 1 atom stereocenters. The number of nitriles is 2. The Labute approximate surface area is 114 Å². The van der Waals surface area contributed by atoms with Crippen molar-refractivity contribution in [3.63, 3.8) is 0 Å². The minimum Gasteiger partial charge on any atom is -0.497 e. The van der Waals surface area contributed by atoms with Gasteiger partial charge in [0, 0.05) is 5.92 Å². The number of hydrogen-bond donors (Lipinski definition) is 0. The molecule has 1 unspecified atom stereocenters. The van der Waals surface area contributed by atoms with Crippen LogP contribution in [0.15, 0.2) is 36.9 Å². The highest BCUT2D eigenvalue weighted by molar-refractivity contribution is 5.35. The van der Waals surface area contributed by atoms with E-state index in [0.29, 0.717) is 6.42 Å². The summed E-state index contributed by atoms with van der Waals surface area (Å²) in [4.78, 5) is 0. The minimum absolute atomic E-state index is 0.133. The van der Waals surface area contributed by atoms with Gasteiger partial charge in [0.2, 0.25) is 0 Å². The van der Waals surface area contributed by atoms with Crippen molar-refractivity contribution in [3.8, 4) is 17.9 Å². The maximum Gasteiger partial charge on any atom is 0.154 e. The highest BCUT2D eigenvalue weighted by Gasteiger charge is 2.38. The van der Waals surface area contributed by atoms with Crippen LogP contribution in [-0.2, 0) is 0 Å². The summed E-state index contributed by atoms with van der Waals surface area (Å²) in [5, 5.41) is 18.9. The van der Waals surface area contributed by atoms with E-state index in [1.807, 2.05) is 31.2 Å². The third-order valence-corrected chi connectivity index (χ3v) is 3.39. The first kappa shape index (κ1) is 14.8. The summed E-state index contributed by atoms with van der Waals surface area (Å²) in [6, 6.07) is 11.9. The normalized spacial score (nSPS) is 12.0. The van der Waals surface area contributed by atoms with Gasteiger partial charge < -0.3 is 4.74 Å². The van der Waals surface area contributed by atoms with Crippen LogP contribution in [0, 0.1) is 28.1 Å². The molecule has 19 heavy (non-hydrogen) atoms. The lowest BCUT2D eigenvalue weighted by Gasteiger charge is -2.27. The molecule has 98 valence electrons. The zero-order valence-electron chi connectivity index (χ0n) is 11.4. The Morgan fingerprint density at radius 2 is 1.89 bits per heavy atom. The molecule has 0 aliphatic heterocycles. The smallest absolute Gasteiger partial charge is 0.154 e. The van der Waals surface area contributed by atoms with Crippen LogP contribution in [0.4, 0.5) is 0 Å². The van der Waals surface area contributed by atoms with Gasteiger partial charge in [-0.15, -0.1) is 6.58 Å². The van der Waals surface area contributed by atoms with Crippen LogP contribution in [0.25, 0.3) is 0 Å². The lowest BCUT2D eigenvalue weighted by atomic mass is 9.70. The number of ether oxygens (including phenoxy) is 1. The lowest BCUT2D eigenvalue weighted by Crippen LogP contribution is -2.25. The fraction of sp³-hybridized carbons (Fsp3) is 0.375. The van der Waals surface area contributed by atoms with Crippen LogP contribution < -0.4 is 4.74 Å². The van der Waals surface area contributed by atoms with Crippen LogP contribution in [0.5, 0.6) is 5.75 Å². The van der Waals surface area contributed by atoms with E-state index in [-0.39, 0.29) is 5.92 Å². The number of allylic oxidation sites excluding steroid dienone is 1. The van der Waals surface area contributed by atoms with Crippen LogP contribution >= 0.6 is 0 Å². The molecular weight excluding hydrogens is 236 g/mol. The zero-order chi connectivity index (χ0) is 14.3. The van der Waals surface area contributed by atoms with E-state index in [2.05, 4.69) is 18.7 Å². The first-order valence-electron chi connectivity index (χ1n) is 6.24. The third-order valence-electron chi connectivity index (χ3n) is 3.39. The fourth-order valence-electron chi connectivity index (χ4n) is 2.35. The van der Waals surface area contributed by atoms with Crippen molar-refractivity contribution in [1.82, 2.24) is 0 Å². The summed E-state index contributed by atoms with van der Waals surface area (Å²) in [6.45, 7) is 5.64. The zero-order valence-corrected chi connectivity index (χ0v) is 11.4. The average molecular weight is 254 g/mol. The Bertz CT molecular complexity index is 491. The fourth-order valence-corrected chi connectivity index (χ4v) is 2.35. The van der Waals surface area contributed by atoms with Crippen molar-refractivity contribution in [2.24, 2.45) is 5.41 Å². The van der Waals surface area contributed by atoms with E-state index in [1.165, 1.54) is 0 Å². The van der Waals surface area contributed by atoms with Crippen molar-refractivity contribution in [1.29, 1.82) is 10.5 Å². The van der Waals surface area contributed by atoms with E-state index in [4.69, 9.17) is 4.74 Å². The standard InChI is InChI=1S/C16H18N2O/c1-4-10-16(11-17,12-18)15(5-2)13-6-8-14(19-3)9-7-13/h4,6-9,15H,1,5,10H2,2-3H3. The Balaban J connectivity index is 3.20. The molecule has 0 aliphatic rings. The predicted molar refractivity (Wildman–Crippen MR) is 74.5 cm³/mol. The van der Waals surface area contributed by atoms with Gasteiger partial charge in [-0.05, 0) is 30.5 Å². The van der Waals surface area contributed by atoms with Gasteiger partial charge in [0.1, 0.15) is 5.75 Å². The topological polar surface area (TPSA) is 56.8 Å². The second kappa shape index (κ2) is 6.61. The van der Waals surface area contributed by atoms with Gasteiger partial charge in [-0.3, -0.25) is 0 Å². The predicted octanol–water partition coefficient (Wildman–Crippen LogP) is 3.80. The van der Waals surface area contributed by atoms with E-state index in [0.717, 1.165) is 17.7 Å². The van der Waals surface area contributed by atoms with Crippen LogP contribution in [0.1, 0.15) is 31.2 Å². The molecule has 3 nitrogen and oxygen atoms in total. The van der Waals surface area contributed by atoms with Crippen molar-refractivity contribution >= 4 is 0 Å². The maximum absolute atomic E-state index is 9.43. The molecule has 0 bridgehead atoms. The molecule has 1 aromatic rings. The van der Waals surface area contributed by atoms with E-state index < -0.39 is 5.41 Å². The summed E-state index contributed by atoms with van der Waals surface area (Å²) >= 11 is 0. The highest BCUT2D eigenvalue weighted by atomic mass is 16.5. The van der Waals surface area contributed by atoms with Crippen molar-refractivity contribution in [2.45, 2.75) is 25.7 Å². The summed E-state index contributed by atoms with van der Waals surface area (Å²) in [7, 11) is 1.61. The second-order valence-corrected chi connectivity index (χ2v) is 4.42. The van der Waals surface area contributed by atoms with Crippen LogP contribution in [-0.4, -0.2) is 7.11 Å². The van der Waals surface area contributed by atoms with Crippen molar-refractivity contribution < 1.29 is 4.74 Å². The molecule has 0 saturated carbocycles. The maximum atomic E-state index is 9.43. The monoisotopic (exact) mass is 254 g/mol.